The minimum atomic E-state index is 0.138. The van der Waals surface area contributed by atoms with E-state index in [2.05, 4.69) is 6.92 Å². The number of nitrogens with zero attached hydrogens (tertiary/aromatic N) is 1. The molecule has 1 aliphatic rings. The van der Waals surface area contributed by atoms with Gasteiger partial charge >= 0.3 is 0 Å². The predicted molar refractivity (Wildman–Crippen MR) is 69.8 cm³/mol. The molecule has 1 saturated carbocycles. The molecule has 3 heteroatoms. The SMILES string of the molecule is CCCN(CC1CC1)C(=O)c1ccc(N)cc1. The number of carbonyl (C=O) groups excluding carboxylic acids is 1. The lowest BCUT2D eigenvalue weighted by Gasteiger charge is -2.22. The maximum atomic E-state index is 12.3. The Kier molecular flexibility index (Phi) is 3.67. The Balaban J connectivity index is 2.05. The minimum absolute atomic E-state index is 0.138. The Labute approximate surface area is 103 Å². The van der Waals surface area contributed by atoms with Crippen LogP contribution in [0.1, 0.15) is 36.5 Å². The highest BCUT2D eigenvalue weighted by molar-refractivity contribution is 5.94. The predicted octanol–water partition coefficient (Wildman–Crippen LogP) is 2.53. The summed E-state index contributed by atoms with van der Waals surface area (Å²) in [6.07, 6.45) is 3.55. The molecule has 0 unspecified atom stereocenters. The van der Waals surface area contributed by atoms with Crippen molar-refractivity contribution < 1.29 is 4.79 Å². The molecular formula is C14H20N2O. The van der Waals surface area contributed by atoms with Crippen LogP contribution in [0.2, 0.25) is 0 Å². The van der Waals surface area contributed by atoms with Crippen molar-refractivity contribution in [2.24, 2.45) is 5.92 Å². The van der Waals surface area contributed by atoms with Gasteiger partial charge in [-0.25, -0.2) is 0 Å². The van der Waals surface area contributed by atoms with Crippen LogP contribution in [0.5, 0.6) is 0 Å². The summed E-state index contributed by atoms with van der Waals surface area (Å²) in [4.78, 5) is 14.3. The van der Waals surface area contributed by atoms with Gasteiger partial charge in [0, 0.05) is 24.3 Å². The van der Waals surface area contributed by atoms with E-state index in [4.69, 9.17) is 5.73 Å². The number of nitrogen functional groups attached to an aromatic ring is 1. The molecule has 2 N–H and O–H groups in total. The normalized spacial score (nSPS) is 14.6. The lowest BCUT2D eigenvalue weighted by atomic mass is 10.1. The van der Waals surface area contributed by atoms with Crippen LogP contribution in [0, 0.1) is 5.92 Å². The lowest BCUT2D eigenvalue weighted by Crippen LogP contribution is -2.33. The van der Waals surface area contributed by atoms with E-state index in [1.165, 1.54) is 12.8 Å². The van der Waals surface area contributed by atoms with Crippen molar-refractivity contribution in [3.8, 4) is 0 Å². The quantitative estimate of drug-likeness (QED) is 0.793. The fourth-order valence-corrected chi connectivity index (χ4v) is 1.97. The van der Waals surface area contributed by atoms with Crippen LogP contribution >= 0.6 is 0 Å². The van der Waals surface area contributed by atoms with Crippen molar-refractivity contribution in [1.29, 1.82) is 0 Å². The third-order valence-electron chi connectivity index (χ3n) is 3.11. The van der Waals surface area contributed by atoms with E-state index in [-0.39, 0.29) is 5.91 Å². The first kappa shape index (κ1) is 12.0. The van der Waals surface area contributed by atoms with Crippen molar-refractivity contribution >= 4 is 11.6 Å². The van der Waals surface area contributed by atoms with Gasteiger partial charge in [0.2, 0.25) is 0 Å². The summed E-state index contributed by atoms with van der Waals surface area (Å²) in [5.74, 6) is 0.873. The summed E-state index contributed by atoms with van der Waals surface area (Å²) in [6.45, 7) is 3.87. The van der Waals surface area contributed by atoms with E-state index < -0.39 is 0 Å². The molecule has 0 saturated heterocycles. The molecule has 0 heterocycles. The fraction of sp³-hybridized carbons (Fsp3) is 0.500. The van der Waals surface area contributed by atoms with Gasteiger partial charge in [-0.2, -0.15) is 0 Å². The highest BCUT2D eigenvalue weighted by Crippen LogP contribution is 2.30. The first-order valence-corrected chi connectivity index (χ1v) is 6.35. The van der Waals surface area contributed by atoms with Crippen molar-refractivity contribution in [3.63, 3.8) is 0 Å². The summed E-state index contributed by atoms with van der Waals surface area (Å²) < 4.78 is 0. The summed E-state index contributed by atoms with van der Waals surface area (Å²) >= 11 is 0. The fourth-order valence-electron chi connectivity index (χ4n) is 1.97. The smallest absolute Gasteiger partial charge is 0.253 e. The van der Waals surface area contributed by atoms with E-state index in [1.807, 2.05) is 17.0 Å². The van der Waals surface area contributed by atoms with Crippen LogP contribution in [0.25, 0.3) is 0 Å². The van der Waals surface area contributed by atoms with Crippen molar-refractivity contribution in [2.45, 2.75) is 26.2 Å². The molecule has 0 aromatic heterocycles. The third kappa shape index (κ3) is 3.22. The van der Waals surface area contributed by atoms with E-state index in [9.17, 15) is 4.79 Å². The Morgan fingerprint density at radius 3 is 2.53 bits per heavy atom. The number of hydrogen-bond donors (Lipinski definition) is 1. The molecular weight excluding hydrogens is 212 g/mol. The number of carbonyl (C=O) groups is 1. The highest BCUT2D eigenvalue weighted by Gasteiger charge is 2.26. The molecule has 0 spiro atoms. The number of hydrogen-bond acceptors (Lipinski definition) is 2. The Morgan fingerprint density at radius 1 is 1.35 bits per heavy atom. The van der Waals surface area contributed by atoms with Gasteiger partial charge in [-0.15, -0.1) is 0 Å². The minimum Gasteiger partial charge on any atom is -0.399 e. The largest absolute Gasteiger partial charge is 0.399 e. The zero-order valence-electron chi connectivity index (χ0n) is 10.4. The number of nitrogens with two attached hydrogens (primary N) is 1. The molecule has 0 aliphatic heterocycles. The molecule has 1 aromatic rings. The highest BCUT2D eigenvalue weighted by atomic mass is 16.2. The molecule has 0 atom stereocenters. The number of rotatable bonds is 5. The summed E-state index contributed by atoms with van der Waals surface area (Å²) in [5.41, 5.74) is 7.07. The van der Waals surface area contributed by atoms with Gasteiger partial charge in [0.1, 0.15) is 0 Å². The number of benzene rings is 1. The standard InChI is InChI=1S/C14H20N2O/c1-2-9-16(10-11-3-4-11)14(17)12-5-7-13(15)8-6-12/h5-8,11H,2-4,9-10,15H2,1H3. The van der Waals surface area contributed by atoms with Crippen molar-refractivity contribution in [1.82, 2.24) is 4.90 Å². The van der Waals surface area contributed by atoms with Crippen LogP contribution in [0.4, 0.5) is 5.69 Å². The van der Waals surface area contributed by atoms with Gasteiger partial charge in [-0.05, 0) is 49.4 Å². The molecule has 1 aliphatic carbocycles. The van der Waals surface area contributed by atoms with E-state index in [0.29, 0.717) is 5.69 Å². The van der Waals surface area contributed by atoms with Crippen molar-refractivity contribution in [3.05, 3.63) is 29.8 Å². The number of anilines is 1. The van der Waals surface area contributed by atoms with Gasteiger partial charge in [0.25, 0.3) is 5.91 Å². The Morgan fingerprint density at radius 2 is 2.00 bits per heavy atom. The molecule has 2 rings (SSSR count). The molecule has 17 heavy (non-hydrogen) atoms. The summed E-state index contributed by atoms with van der Waals surface area (Å²) in [6, 6.07) is 7.20. The third-order valence-corrected chi connectivity index (χ3v) is 3.11. The Hall–Kier alpha value is -1.51. The van der Waals surface area contributed by atoms with Crippen LogP contribution in [0.15, 0.2) is 24.3 Å². The van der Waals surface area contributed by atoms with Gasteiger partial charge in [-0.3, -0.25) is 4.79 Å². The first-order chi connectivity index (χ1) is 8.20. The van der Waals surface area contributed by atoms with Gasteiger partial charge in [0.15, 0.2) is 0 Å². The van der Waals surface area contributed by atoms with Crippen LogP contribution in [-0.4, -0.2) is 23.9 Å². The Bertz CT molecular complexity index is 382. The van der Waals surface area contributed by atoms with Gasteiger partial charge in [0.05, 0.1) is 0 Å². The topological polar surface area (TPSA) is 46.3 Å². The average Bonchev–Trinajstić information content (AvgIpc) is 3.13. The molecule has 0 bridgehead atoms. The number of amides is 1. The molecule has 3 nitrogen and oxygen atoms in total. The van der Waals surface area contributed by atoms with Crippen LogP contribution in [-0.2, 0) is 0 Å². The van der Waals surface area contributed by atoms with E-state index in [1.54, 1.807) is 12.1 Å². The van der Waals surface area contributed by atoms with Gasteiger partial charge < -0.3 is 10.6 Å². The second kappa shape index (κ2) is 5.21. The van der Waals surface area contributed by atoms with Gasteiger partial charge in [-0.1, -0.05) is 6.92 Å². The lowest BCUT2D eigenvalue weighted by molar-refractivity contribution is 0.0748. The first-order valence-electron chi connectivity index (χ1n) is 6.35. The molecule has 1 aromatic carbocycles. The molecule has 1 fully saturated rings. The molecule has 92 valence electrons. The average molecular weight is 232 g/mol. The second-order valence-corrected chi connectivity index (χ2v) is 4.82. The summed E-state index contributed by atoms with van der Waals surface area (Å²) in [5, 5.41) is 0. The van der Waals surface area contributed by atoms with E-state index >= 15 is 0 Å². The molecule has 1 amide bonds. The monoisotopic (exact) mass is 232 g/mol. The van der Waals surface area contributed by atoms with Crippen LogP contribution < -0.4 is 5.73 Å². The molecule has 0 radical (unpaired) electrons. The second-order valence-electron chi connectivity index (χ2n) is 4.82. The zero-order chi connectivity index (χ0) is 12.3. The van der Waals surface area contributed by atoms with Crippen molar-refractivity contribution in [2.75, 3.05) is 18.8 Å². The van der Waals surface area contributed by atoms with E-state index in [0.717, 1.165) is 31.0 Å². The van der Waals surface area contributed by atoms with Crippen LogP contribution in [0.3, 0.4) is 0 Å². The zero-order valence-corrected chi connectivity index (χ0v) is 10.4. The summed E-state index contributed by atoms with van der Waals surface area (Å²) in [7, 11) is 0. The maximum absolute atomic E-state index is 12.3. The maximum Gasteiger partial charge on any atom is 0.253 e.